The van der Waals surface area contributed by atoms with Gasteiger partial charge in [-0.05, 0) is 36.1 Å². The van der Waals surface area contributed by atoms with Gasteiger partial charge in [0.1, 0.15) is 17.2 Å². The van der Waals surface area contributed by atoms with E-state index in [0.29, 0.717) is 36.5 Å². The summed E-state index contributed by atoms with van der Waals surface area (Å²) in [6.45, 7) is 3.21. The molecule has 0 N–H and O–H groups in total. The van der Waals surface area contributed by atoms with E-state index in [1.54, 1.807) is 10.5 Å². The van der Waals surface area contributed by atoms with Crippen molar-refractivity contribution in [2.45, 2.75) is 26.3 Å². The smallest absolute Gasteiger partial charge is 0.273 e. The van der Waals surface area contributed by atoms with Gasteiger partial charge in [-0.15, -0.1) is 0 Å². The summed E-state index contributed by atoms with van der Waals surface area (Å²) in [5.41, 5.74) is 4.27. The van der Waals surface area contributed by atoms with Gasteiger partial charge < -0.3 is 4.90 Å². The molecule has 0 saturated heterocycles. The maximum absolute atomic E-state index is 13.7. The molecule has 0 spiro atoms. The first-order valence-corrected chi connectivity index (χ1v) is 8.20. The lowest BCUT2D eigenvalue weighted by atomic mass is 9.99. The summed E-state index contributed by atoms with van der Waals surface area (Å²) < 4.78 is 15.2. The Morgan fingerprint density at radius 3 is 2.79 bits per heavy atom. The quantitative estimate of drug-likeness (QED) is 0.726. The minimum Gasteiger partial charge on any atom is -0.333 e. The highest BCUT2D eigenvalue weighted by atomic mass is 19.1. The number of fused-ring (bicyclic) bond motifs is 2. The van der Waals surface area contributed by atoms with Gasteiger partial charge in [0.2, 0.25) is 0 Å². The minimum atomic E-state index is -0.374. The number of imidazole rings is 1. The average Bonchev–Trinajstić information content (AvgIpc) is 2.98. The Kier molecular flexibility index (Phi) is 3.56. The van der Waals surface area contributed by atoms with E-state index in [2.05, 4.69) is 17.1 Å². The van der Waals surface area contributed by atoms with Crippen molar-refractivity contribution >= 4 is 11.6 Å². The van der Waals surface area contributed by atoms with Gasteiger partial charge in [0, 0.05) is 19.3 Å². The predicted octanol–water partition coefficient (Wildman–Crippen LogP) is 3.23. The monoisotopic (exact) mass is 323 g/mol. The van der Waals surface area contributed by atoms with Crippen molar-refractivity contribution in [2.75, 3.05) is 6.54 Å². The first-order chi connectivity index (χ1) is 11.7. The van der Waals surface area contributed by atoms with Crippen LogP contribution in [0.1, 0.15) is 34.2 Å². The first-order valence-electron chi connectivity index (χ1n) is 8.20. The molecule has 2 aromatic heterocycles. The maximum atomic E-state index is 13.7. The number of hydrogen-bond acceptors (Lipinski definition) is 2. The molecule has 0 fully saturated rings. The molecule has 122 valence electrons. The molecule has 0 unspecified atom stereocenters. The molecule has 0 bridgehead atoms. The van der Waals surface area contributed by atoms with E-state index in [1.165, 1.54) is 23.4 Å². The van der Waals surface area contributed by atoms with E-state index in [0.717, 1.165) is 6.42 Å². The Bertz CT molecular complexity index is 932. The van der Waals surface area contributed by atoms with Crippen LogP contribution < -0.4 is 0 Å². The molecule has 1 aliphatic rings. The highest BCUT2D eigenvalue weighted by Gasteiger charge is 2.26. The molecule has 4 nitrogen and oxygen atoms in total. The first kappa shape index (κ1) is 14.9. The SMILES string of the molecule is CCc1nc2ccc(F)cn2c1C(=O)N1CCc2ccccc2C1. The molecule has 1 aliphatic heterocycles. The lowest BCUT2D eigenvalue weighted by Gasteiger charge is -2.29. The van der Waals surface area contributed by atoms with Crippen molar-refractivity contribution in [3.63, 3.8) is 0 Å². The fourth-order valence-electron chi connectivity index (χ4n) is 3.36. The normalized spacial score (nSPS) is 14.0. The number of benzene rings is 1. The topological polar surface area (TPSA) is 37.6 Å². The number of carbonyl (C=O) groups is 1. The number of nitrogens with zero attached hydrogens (tertiary/aromatic N) is 3. The van der Waals surface area contributed by atoms with Crippen LogP contribution in [0.3, 0.4) is 0 Å². The summed E-state index contributed by atoms with van der Waals surface area (Å²) >= 11 is 0. The number of halogens is 1. The second-order valence-electron chi connectivity index (χ2n) is 6.08. The Morgan fingerprint density at radius 2 is 2.00 bits per heavy atom. The molecule has 0 atom stereocenters. The van der Waals surface area contributed by atoms with E-state index in [4.69, 9.17) is 0 Å². The Balaban J connectivity index is 1.75. The zero-order valence-corrected chi connectivity index (χ0v) is 13.5. The summed E-state index contributed by atoms with van der Waals surface area (Å²) in [5.74, 6) is -0.458. The predicted molar refractivity (Wildman–Crippen MR) is 89.4 cm³/mol. The minimum absolute atomic E-state index is 0.0838. The highest BCUT2D eigenvalue weighted by Crippen LogP contribution is 2.22. The van der Waals surface area contributed by atoms with E-state index in [-0.39, 0.29) is 11.7 Å². The van der Waals surface area contributed by atoms with Crippen LogP contribution in [-0.4, -0.2) is 26.7 Å². The fourth-order valence-corrected chi connectivity index (χ4v) is 3.36. The molecule has 3 heterocycles. The van der Waals surface area contributed by atoms with E-state index in [1.807, 2.05) is 24.0 Å². The van der Waals surface area contributed by atoms with Crippen LogP contribution in [0.5, 0.6) is 0 Å². The van der Waals surface area contributed by atoms with E-state index >= 15 is 0 Å². The lowest BCUT2D eigenvalue weighted by molar-refractivity contribution is 0.0726. The third kappa shape index (κ3) is 2.37. The summed E-state index contributed by atoms with van der Waals surface area (Å²) in [6.07, 6.45) is 2.82. The molecule has 24 heavy (non-hydrogen) atoms. The molecular formula is C19H18FN3O. The van der Waals surface area contributed by atoms with E-state index in [9.17, 15) is 9.18 Å². The average molecular weight is 323 g/mol. The molecular weight excluding hydrogens is 305 g/mol. The summed E-state index contributed by atoms with van der Waals surface area (Å²) in [5, 5.41) is 0. The Hall–Kier alpha value is -2.69. The molecule has 5 heteroatoms. The van der Waals surface area contributed by atoms with Crippen LogP contribution in [0, 0.1) is 5.82 Å². The second-order valence-corrected chi connectivity index (χ2v) is 6.08. The maximum Gasteiger partial charge on any atom is 0.273 e. The van der Waals surface area contributed by atoms with Crippen molar-refractivity contribution in [1.29, 1.82) is 0 Å². The van der Waals surface area contributed by atoms with Gasteiger partial charge in [0.15, 0.2) is 0 Å². The van der Waals surface area contributed by atoms with Crippen molar-refractivity contribution in [3.05, 3.63) is 70.9 Å². The largest absolute Gasteiger partial charge is 0.333 e. The number of aromatic nitrogens is 2. The highest BCUT2D eigenvalue weighted by molar-refractivity contribution is 5.95. The van der Waals surface area contributed by atoms with Crippen molar-refractivity contribution in [1.82, 2.24) is 14.3 Å². The number of carbonyl (C=O) groups excluding carboxylic acids is 1. The second kappa shape index (κ2) is 5.74. The number of pyridine rings is 1. The summed E-state index contributed by atoms with van der Waals surface area (Å²) in [4.78, 5) is 19.4. The fraction of sp³-hybridized carbons (Fsp3) is 0.263. The number of rotatable bonds is 2. The van der Waals surface area contributed by atoms with Gasteiger partial charge in [-0.1, -0.05) is 31.2 Å². The summed E-state index contributed by atoms with van der Waals surface area (Å²) in [7, 11) is 0. The summed E-state index contributed by atoms with van der Waals surface area (Å²) in [6, 6.07) is 11.2. The lowest BCUT2D eigenvalue weighted by Crippen LogP contribution is -2.37. The zero-order valence-electron chi connectivity index (χ0n) is 13.5. The molecule has 0 aliphatic carbocycles. The van der Waals surface area contributed by atoms with Crippen LogP contribution in [0.25, 0.3) is 5.65 Å². The van der Waals surface area contributed by atoms with Crippen LogP contribution in [0.2, 0.25) is 0 Å². The third-order valence-corrected chi connectivity index (χ3v) is 4.61. The van der Waals surface area contributed by atoms with Crippen LogP contribution in [-0.2, 0) is 19.4 Å². The number of aryl methyl sites for hydroxylation is 1. The molecule has 1 aromatic carbocycles. The molecule has 4 rings (SSSR count). The van der Waals surface area contributed by atoms with Crippen LogP contribution >= 0.6 is 0 Å². The molecule has 0 radical (unpaired) electrons. The Morgan fingerprint density at radius 1 is 1.21 bits per heavy atom. The van der Waals surface area contributed by atoms with E-state index < -0.39 is 0 Å². The Labute approximate surface area is 139 Å². The van der Waals surface area contributed by atoms with Gasteiger partial charge in [0.05, 0.1) is 5.69 Å². The van der Waals surface area contributed by atoms with Gasteiger partial charge in [-0.25, -0.2) is 9.37 Å². The van der Waals surface area contributed by atoms with Gasteiger partial charge in [-0.3, -0.25) is 9.20 Å². The molecule has 3 aromatic rings. The van der Waals surface area contributed by atoms with Crippen LogP contribution in [0.15, 0.2) is 42.6 Å². The van der Waals surface area contributed by atoms with Crippen LogP contribution in [0.4, 0.5) is 4.39 Å². The number of hydrogen-bond donors (Lipinski definition) is 0. The molecule has 0 saturated carbocycles. The van der Waals surface area contributed by atoms with Gasteiger partial charge in [-0.2, -0.15) is 0 Å². The number of amides is 1. The van der Waals surface area contributed by atoms with Gasteiger partial charge >= 0.3 is 0 Å². The van der Waals surface area contributed by atoms with Crippen molar-refractivity contribution < 1.29 is 9.18 Å². The third-order valence-electron chi connectivity index (χ3n) is 4.61. The van der Waals surface area contributed by atoms with Crippen molar-refractivity contribution in [3.8, 4) is 0 Å². The standard InChI is InChI=1S/C19H18FN3O/c1-2-16-18(23-12-15(20)7-8-17(23)21-16)19(24)22-10-9-13-5-3-4-6-14(13)11-22/h3-8,12H,2,9-11H2,1H3. The van der Waals surface area contributed by atoms with Gasteiger partial charge in [0.25, 0.3) is 5.91 Å². The molecule has 1 amide bonds. The zero-order chi connectivity index (χ0) is 16.7. The van der Waals surface area contributed by atoms with Crippen molar-refractivity contribution in [2.24, 2.45) is 0 Å².